The Labute approximate surface area is 141 Å². The van der Waals surface area contributed by atoms with E-state index in [4.69, 9.17) is 8.83 Å². The molecular weight excluding hydrogens is 321 g/mol. The average molecular weight is 335 g/mol. The first-order valence-corrected chi connectivity index (χ1v) is 8.18. The summed E-state index contributed by atoms with van der Waals surface area (Å²) in [5.74, 6) is -0.265. The lowest BCUT2D eigenvalue weighted by Gasteiger charge is -2.06. The number of hydrogen-bond acceptors (Lipinski definition) is 4. The zero-order valence-corrected chi connectivity index (χ0v) is 13.3. The van der Waals surface area contributed by atoms with Crippen LogP contribution in [0.2, 0.25) is 0 Å². The Hall–Kier alpha value is -3.08. The van der Waals surface area contributed by atoms with Gasteiger partial charge in [-0.1, -0.05) is 12.1 Å². The van der Waals surface area contributed by atoms with Crippen LogP contribution in [0.4, 0.5) is 4.39 Å². The monoisotopic (exact) mass is 335 g/mol. The normalized spacial score (nSPS) is 14.5. The fourth-order valence-electron chi connectivity index (χ4n) is 3.75. The second-order valence-corrected chi connectivity index (χ2v) is 6.32. The van der Waals surface area contributed by atoms with Gasteiger partial charge in [0.25, 0.3) is 5.55 Å². The number of fused-ring (bicyclic) bond motifs is 4. The van der Waals surface area contributed by atoms with Gasteiger partial charge in [-0.25, -0.2) is 4.39 Å². The Kier molecular flexibility index (Phi) is 2.98. The van der Waals surface area contributed by atoms with Crippen molar-refractivity contribution in [3.63, 3.8) is 0 Å². The topological polar surface area (TPSA) is 58.9 Å². The van der Waals surface area contributed by atoms with E-state index in [0.29, 0.717) is 11.2 Å². The molecule has 0 saturated heterocycles. The van der Waals surface area contributed by atoms with Gasteiger partial charge in [0, 0.05) is 28.0 Å². The number of hydrogen-bond donors (Lipinski definition) is 1. The van der Waals surface area contributed by atoms with E-state index in [0.717, 1.165) is 46.7 Å². The zero-order valence-electron chi connectivity index (χ0n) is 13.3. The summed E-state index contributed by atoms with van der Waals surface area (Å²) >= 11 is 0. The van der Waals surface area contributed by atoms with Crippen LogP contribution in [0.1, 0.15) is 17.5 Å². The third kappa shape index (κ3) is 2.09. The molecule has 0 bridgehead atoms. The molecule has 0 saturated carbocycles. The summed E-state index contributed by atoms with van der Waals surface area (Å²) in [6, 6.07) is 10.2. The van der Waals surface area contributed by atoms with E-state index in [1.165, 1.54) is 17.7 Å². The van der Waals surface area contributed by atoms with Crippen LogP contribution in [0.3, 0.4) is 0 Å². The molecule has 1 aliphatic rings. The maximum atomic E-state index is 13.2. The van der Waals surface area contributed by atoms with Crippen molar-refractivity contribution in [1.29, 1.82) is 0 Å². The van der Waals surface area contributed by atoms with Crippen LogP contribution in [-0.2, 0) is 12.8 Å². The molecule has 0 atom stereocenters. The van der Waals surface area contributed by atoms with Crippen LogP contribution in [0.5, 0.6) is 0 Å². The maximum absolute atomic E-state index is 13.2. The van der Waals surface area contributed by atoms with Crippen LogP contribution in [0, 0.1) is 5.82 Å². The van der Waals surface area contributed by atoms with Crippen LogP contribution < -0.4 is 5.55 Å². The van der Waals surface area contributed by atoms with E-state index in [2.05, 4.69) is 11.2 Å². The minimum absolute atomic E-state index is 0.265. The molecule has 5 rings (SSSR count). The number of furan rings is 1. The number of benzene rings is 2. The highest BCUT2D eigenvalue weighted by Gasteiger charge is 2.20. The first-order chi connectivity index (χ1) is 12.2. The van der Waals surface area contributed by atoms with Gasteiger partial charge in [-0.2, -0.15) is 0 Å². The highest BCUT2D eigenvalue weighted by atomic mass is 19.1. The molecule has 1 N–H and O–H groups in total. The van der Waals surface area contributed by atoms with Crippen molar-refractivity contribution in [2.45, 2.75) is 19.3 Å². The average Bonchev–Trinajstić information content (AvgIpc) is 3.27. The molecule has 1 aliphatic carbocycles. The Morgan fingerprint density at radius 1 is 0.960 bits per heavy atom. The smallest absolute Gasteiger partial charge is 0.259 e. The molecular formula is C20H14FNO3. The lowest BCUT2D eigenvalue weighted by Crippen LogP contribution is -2.09. The molecule has 0 amide bonds. The fourth-order valence-corrected chi connectivity index (χ4v) is 3.75. The van der Waals surface area contributed by atoms with E-state index < -0.39 is 0 Å². The number of rotatable bonds is 1. The quantitative estimate of drug-likeness (QED) is 0.403. The van der Waals surface area contributed by atoms with Crippen molar-refractivity contribution < 1.29 is 18.4 Å². The van der Waals surface area contributed by atoms with Gasteiger partial charge in [-0.3, -0.25) is 0 Å². The van der Waals surface area contributed by atoms with Gasteiger partial charge in [0.15, 0.2) is 0 Å². The van der Waals surface area contributed by atoms with Crippen LogP contribution in [0.15, 0.2) is 56.7 Å². The minimum Gasteiger partial charge on any atom is -0.464 e. The minimum atomic E-state index is -0.265. The molecule has 124 valence electrons. The molecule has 4 aromatic rings. The number of aryl methyl sites for hydroxylation is 1. The van der Waals surface area contributed by atoms with Gasteiger partial charge < -0.3 is 14.0 Å². The fraction of sp³-hybridized carbons (Fsp3) is 0.150. The van der Waals surface area contributed by atoms with Gasteiger partial charge in [-0.15, -0.1) is 0 Å². The second-order valence-electron chi connectivity index (χ2n) is 6.32. The van der Waals surface area contributed by atoms with Gasteiger partial charge in [0.05, 0.1) is 6.26 Å². The van der Waals surface area contributed by atoms with E-state index in [1.807, 2.05) is 6.07 Å². The zero-order chi connectivity index (χ0) is 17.0. The summed E-state index contributed by atoms with van der Waals surface area (Å²) in [6.07, 6.45) is 4.47. The molecule has 2 aromatic heterocycles. The van der Waals surface area contributed by atoms with Gasteiger partial charge >= 0.3 is 0 Å². The van der Waals surface area contributed by atoms with Gasteiger partial charge in [0.2, 0.25) is 0 Å². The van der Waals surface area contributed by atoms with Crippen molar-refractivity contribution in [2.75, 3.05) is 0 Å². The van der Waals surface area contributed by atoms with Gasteiger partial charge in [-0.05, 0) is 53.7 Å². The highest BCUT2D eigenvalue weighted by Crippen LogP contribution is 2.36. The van der Waals surface area contributed by atoms with Crippen molar-refractivity contribution in [2.24, 2.45) is 5.16 Å². The molecule has 5 heteroatoms. The molecule has 2 aromatic carbocycles. The largest absolute Gasteiger partial charge is 0.464 e. The van der Waals surface area contributed by atoms with Crippen molar-refractivity contribution >= 4 is 21.9 Å². The summed E-state index contributed by atoms with van der Waals surface area (Å²) in [4.78, 5) is 0. The second kappa shape index (κ2) is 5.21. The molecule has 0 fully saturated rings. The van der Waals surface area contributed by atoms with E-state index in [1.54, 1.807) is 18.4 Å². The number of nitrogens with zero attached hydrogens (tertiary/aromatic N) is 1. The van der Waals surface area contributed by atoms with E-state index in [9.17, 15) is 9.60 Å². The van der Waals surface area contributed by atoms with Crippen molar-refractivity contribution in [1.82, 2.24) is 0 Å². The molecule has 0 radical (unpaired) electrons. The van der Waals surface area contributed by atoms with Crippen LogP contribution in [0.25, 0.3) is 33.1 Å². The standard InChI is InChI=1S/C20H14FNO3/c21-12-6-4-11(5-7-12)17-10-24-18-9-19-15(8-16(17)18)13-2-1-3-14(13)20(22-23)25-19/h4-10,23H,1-3H2/b22-20-. The van der Waals surface area contributed by atoms with E-state index >= 15 is 0 Å². The molecule has 0 unspecified atom stereocenters. The lowest BCUT2D eigenvalue weighted by atomic mass is 10.0. The summed E-state index contributed by atoms with van der Waals surface area (Å²) in [7, 11) is 0. The Bertz CT molecular complexity index is 1190. The van der Waals surface area contributed by atoms with Crippen LogP contribution >= 0.6 is 0 Å². The third-order valence-electron chi connectivity index (χ3n) is 4.93. The Balaban J connectivity index is 1.83. The van der Waals surface area contributed by atoms with Gasteiger partial charge in [0.1, 0.15) is 17.0 Å². The molecule has 25 heavy (non-hydrogen) atoms. The summed E-state index contributed by atoms with van der Waals surface area (Å²) in [5, 5.41) is 14.5. The van der Waals surface area contributed by atoms with Crippen LogP contribution in [-0.4, -0.2) is 5.21 Å². The highest BCUT2D eigenvalue weighted by molar-refractivity contribution is 6.02. The molecule has 0 aliphatic heterocycles. The van der Waals surface area contributed by atoms with Crippen molar-refractivity contribution in [3.05, 3.63) is 65.2 Å². The first kappa shape index (κ1) is 14.3. The third-order valence-corrected chi connectivity index (χ3v) is 4.93. The molecule has 0 spiro atoms. The predicted molar refractivity (Wildman–Crippen MR) is 90.8 cm³/mol. The summed E-state index contributed by atoms with van der Waals surface area (Å²) < 4.78 is 24.7. The predicted octanol–water partition coefficient (Wildman–Crippen LogP) is 4.76. The Morgan fingerprint density at radius 2 is 1.76 bits per heavy atom. The first-order valence-electron chi connectivity index (χ1n) is 8.18. The molecule has 2 heterocycles. The summed E-state index contributed by atoms with van der Waals surface area (Å²) in [5.41, 5.74) is 5.56. The van der Waals surface area contributed by atoms with E-state index in [-0.39, 0.29) is 11.4 Å². The Morgan fingerprint density at radius 3 is 2.56 bits per heavy atom. The summed E-state index contributed by atoms with van der Waals surface area (Å²) in [6.45, 7) is 0. The SMILES string of the molecule is O/N=c1\oc2cc3occ(-c4ccc(F)cc4)c3cc2c2c1CCC2. The molecule has 4 nitrogen and oxygen atoms in total. The number of halogens is 1. The maximum Gasteiger partial charge on any atom is 0.259 e. The van der Waals surface area contributed by atoms with Crippen molar-refractivity contribution in [3.8, 4) is 11.1 Å². The lowest BCUT2D eigenvalue weighted by molar-refractivity contribution is 0.275.